The van der Waals surface area contributed by atoms with E-state index in [-0.39, 0.29) is 39.4 Å². The highest BCUT2D eigenvalue weighted by Crippen LogP contribution is 2.37. The second-order valence-corrected chi connectivity index (χ2v) is 12.6. The lowest BCUT2D eigenvalue weighted by molar-refractivity contribution is -0.153. The zero-order valence-electron chi connectivity index (χ0n) is 22.5. The first-order valence-corrected chi connectivity index (χ1v) is 15.5. The number of sulfone groups is 1. The second kappa shape index (κ2) is 14.2. The molecule has 1 atom stereocenters. The Hall–Kier alpha value is -3.62. The summed E-state index contributed by atoms with van der Waals surface area (Å²) in [6.45, 7) is -3.60. The van der Waals surface area contributed by atoms with Gasteiger partial charge in [0, 0.05) is 37.5 Å². The van der Waals surface area contributed by atoms with E-state index >= 15 is 0 Å². The molecule has 1 fully saturated rings. The van der Waals surface area contributed by atoms with E-state index in [0.29, 0.717) is 23.7 Å². The molecule has 0 aliphatic heterocycles. The van der Waals surface area contributed by atoms with Gasteiger partial charge in [-0.15, -0.1) is 0 Å². The molecule has 2 heterocycles. The molecule has 0 N–H and O–H groups in total. The van der Waals surface area contributed by atoms with E-state index in [1.807, 2.05) is 0 Å². The average molecular weight is 660 g/mol. The molecule has 1 aromatic carbocycles. The third kappa shape index (κ3) is 9.97. The fourth-order valence-corrected chi connectivity index (χ4v) is 4.88. The standard InChI is InChI=1S/C27H25Cl2F2N3O8S/c1-43(37,38)14-24-33-8-17(9-34-24)26(36)40-13-25(35)41-22(7-18-19(28)10-32-11-20(18)29)16-4-5-21(42-27(30)31)23(6-16)39-12-15-2-3-15/h4-6,8-11,15,22,27H,2-3,7,12-14H2,1H3/t22-/m0/s1. The van der Waals surface area contributed by atoms with Crippen molar-refractivity contribution in [1.82, 2.24) is 15.0 Å². The lowest BCUT2D eigenvalue weighted by Gasteiger charge is -2.21. The van der Waals surface area contributed by atoms with Crippen LogP contribution in [0.3, 0.4) is 0 Å². The Labute approximate surface area is 255 Å². The topological polar surface area (TPSA) is 144 Å². The van der Waals surface area contributed by atoms with Crippen molar-refractivity contribution in [3.05, 3.63) is 75.5 Å². The van der Waals surface area contributed by atoms with Gasteiger partial charge >= 0.3 is 18.6 Å². The van der Waals surface area contributed by atoms with Crippen LogP contribution in [0.25, 0.3) is 0 Å². The van der Waals surface area contributed by atoms with E-state index in [9.17, 15) is 26.8 Å². The summed E-state index contributed by atoms with van der Waals surface area (Å²) in [6.07, 6.45) is 6.67. The van der Waals surface area contributed by atoms with Gasteiger partial charge in [-0.1, -0.05) is 29.3 Å². The van der Waals surface area contributed by atoms with Crippen molar-refractivity contribution < 1.29 is 45.7 Å². The number of esters is 2. The highest BCUT2D eigenvalue weighted by Gasteiger charge is 2.26. The minimum absolute atomic E-state index is 0.0137. The highest BCUT2D eigenvalue weighted by molar-refractivity contribution is 7.89. The molecule has 0 radical (unpaired) electrons. The molecule has 1 aliphatic carbocycles. The van der Waals surface area contributed by atoms with Crippen LogP contribution in [0.4, 0.5) is 8.78 Å². The van der Waals surface area contributed by atoms with Crippen LogP contribution in [0.5, 0.6) is 11.5 Å². The van der Waals surface area contributed by atoms with Crippen molar-refractivity contribution in [3.63, 3.8) is 0 Å². The molecule has 0 unspecified atom stereocenters. The minimum atomic E-state index is -3.38. The monoisotopic (exact) mass is 659 g/mol. The fraction of sp³-hybridized carbons (Fsp3) is 0.370. The fourth-order valence-electron chi connectivity index (χ4n) is 3.74. The zero-order chi connectivity index (χ0) is 31.1. The number of pyridine rings is 1. The molecule has 0 saturated heterocycles. The van der Waals surface area contributed by atoms with Gasteiger partial charge in [0.1, 0.15) is 17.7 Å². The Balaban J connectivity index is 1.51. The van der Waals surface area contributed by atoms with Crippen LogP contribution in [0, 0.1) is 5.92 Å². The van der Waals surface area contributed by atoms with Crippen molar-refractivity contribution in [2.24, 2.45) is 5.92 Å². The summed E-state index contributed by atoms with van der Waals surface area (Å²) >= 11 is 12.6. The summed E-state index contributed by atoms with van der Waals surface area (Å²) in [7, 11) is -3.38. The smallest absolute Gasteiger partial charge is 0.387 e. The summed E-state index contributed by atoms with van der Waals surface area (Å²) in [5, 5.41) is 0.393. The third-order valence-electron chi connectivity index (χ3n) is 6.00. The van der Waals surface area contributed by atoms with Gasteiger partial charge in [-0.3, -0.25) is 4.98 Å². The number of carbonyl (C=O) groups excluding carboxylic acids is 2. The number of alkyl halides is 2. The van der Waals surface area contributed by atoms with Gasteiger partial charge in [0.15, 0.2) is 27.9 Å². The van der Waals surface area contributed by atoms with Crippen LogP contribution in [0.15, 0.2) is 43.0 Å². The van der Waals surface area contributed by atoms with Gasteiger partial charge in [0.05, 0.1) is 22.2 Å². The molecule has 16 heteroatoms. The SMILES string of the molecule is CS(=O)(=O)Cc1ncc(C(=O)OCC(=O)O[C@@H](Cc2c(Cl)cncc2Cl)c2ccc(OC(F)F)c(OCC3CC3)c2)cn1. The van der Waals surface area contributed by atoms with Crippen LogP contribution < -0.4 is 9.47 Å². The first-order chi connectivity index (χ1) is 20.4. The average Bonchev–Trinajstić information content (AvgIpc) is 3.76. The molecule has 1 aliphatic rings. The highest BCUT2D eigenvalue weighted by atomic mass is 35.5. The van der Waals surface area contributed by atoms with Gasteiger partial charge in [-0.25, -0.2) is 28.0 Å². The Kier molecular flexibility index (Phi) is 10.7. The van der Waals surface area contributed by atoms with Gasteiger partial charge < -0.3 is 18.9 Å². The summed E-state index contributed by atoms with van der Waals surface area (Å²) in [4.78, 5) is 36.8. The van der Waals surface area contributed by atoms with E-state index < -0.39 is 46.9 Å². The second-order valence-electron chi connectivity index (χ2n) is 9.64. The maximum absolute atomic E-state index is 13.0. The molecule has 11 nitrogen and oxygen atoms in total. The molecule has 0 amide bonds. The molecule has 1 saturated carbocycles. The molecular formula is C27H25Cl2F2N3O8S. The summed E-state index contributed by atoms with van der Waals surface area (Å²) in [5.41, 5.74) is 0.614. The molecule has 230 valence electrons. The van der Waals surface area contributed by atoms with Crippen molar-refractivity contribution in [3.8, 4) is 11.5 Å². The minimum Gasteiger partial charge on any atom is -0.489 e. The Bertz CT molecular complexity index is 1550. The number of aromatic nitrogens is 3. The molecule has 2 aromatic heterocycles. The van der Waals surface area contributed by atoms with Crippen molar-refractivity contribution in [2.45, 2.75) is 37.7 Å². The lowest BCUT2D eigenvalue weighted by Crippen LogP contribution is -2.21. The van der Waals surface area contributed by atoms with Crippen molar-refractivity contribution in [2.75, 3.05) is 19.5 Å². The summed E-state index contributed by atoms with van der Waals surface area (Å²) in [6, 6.07) is 4.11. The number of hydrogen-bond donors (Lipinski definition) is 0. The van der Waals surface area contributed by atoms with E-state index in [2.05, 4.69) is 19.7 Å². The predicted octanol–water partition coefficient (Wildman–Crippen LogP) is 4.80. The zero-order valence-corrected chi connectivity index (χ0v) is 24.9. The lowest BCUT2D eigenvalue weighted by atomic mass is 10.0. The van der Waals surface area contributed by atoms with Gasteiger partial charge in [-0.2, -0.15) is 8.78 Å². The van der Waals surface area contributed by atoms with Crippen molar-refractivity contribution in [1.29, 1.82) is 0 Å². The van der Waals surface area contributed by atoms with E-state index in [1.54, 1.807) is 0 Å². The van der Waals surface area contributed by atoms with E-state index in [4.69, 9.17) is 37.4 Å². The van der Waals surface area contributed by atoms with Crippen LogP contribution >= 0.6 is 23.2 Å². The molecule has 0 bridgehead atoms. The van der Waals surface area contributed by atoms with Crippen LogP contribution in [-0.2, 0) is 36.3 Å². The maximum atomic E-state index is 13.0. The summed E-state index contributed by atoms with van der Waals surface area (Å²) < 4.78 is 69.8. The number of carbonyl (C=O) groups is 2. The number of rotatable bonds is 14. The van der Waals surface area contributed by atoms with Crippen LogP contribution in [-0.4, -0.2) is 61.4 Å². The molecule has 4 rings (SSSR count). The number of benzene rings is 1. The van der Waals surface area contributed by atoms with E-state index in [1.165, 1.54) is 30.6 Å². The summed E-state index contributed by atoms with van der Waals surface area (Å²) in [5.74, 6) is -2.19. The quantitative estimate of drug-likeness (QED) is 0.220. The van der Waals surface area contributed by atoms with E-state index in [0.717, 1.165) is 31.5 Å². The van der Waals surface area contributed by atoms with Gasteiger partial charge in [0.25, 0.3) is 0 Å². The molecule has 43 heavy (non-hydrogen) atoms. The molecule has 3 aromatic rings. The molecular weight excluding hydrogens is 635 g/mol. The van der Waals surface area contributed by atoms with Crippen LogP contribution in [0.2, 0.25) is 10.0 Å². The maximum Gasteiger partial charge on any atom is 0.387 e. The Morgan fingerprint density at radius 2 is 1.72 bits per heavy atom. The first kappa shape index (κ1) is 32.3. The molecule has 0 spiro atoms. The van der Waals surface area contributed by atoms with Gasteiger partial charge in [0.2, 0.25) is 0 Å². The largest absolute Gasteiger partial charge is 0.489 e. The van der Waals surface area contributed by atoms with Crippen molar-refractivity contribution >= 4 is 45.0 Å². The number of ether oxygens (including phenoxy) is 4. The normalized spacial score (nSPS) is 13.8. The Morgan fingerprint density at radius 1 is 1.05 bits per heavy atom. The third-order valence-corrected chi connectivity index (χ3v) is 7.43. The van der Waals surface area contributed by atoms with Crippen LogP contribution in [0.1, 0.15) is 46.3 Å². The van der Waals surface area contributed by atoms with Gasteiger partial charge in [-0.05, 0) is 42.0 Å². The number of hydrogen-bond acceptors (Lipinski definition) is 11. The Morgan fingerprint density at radius 3 is 2.33 bits per heavy atom. The number of halogens is 4. The predicted molar refractivity (Wildman–Crippen MR) is 149 cm³/mol. The first-order valence-electron chi connectivity index (χ1n) is 12.7. The number of nitrogens with zero attached hydrogens (tertiary/aromatic N) is 3.